The quantitative estimate of drug-likeness (QED) is 0.629. The number of rotatable bonds is 2. The molecule has 2 aromatic rings. The van der Waals surface area contributed by atoms with Crippen molar-refractivity contribution in [2.45, 2.75) is 46.5 Å². The van der Waals surface area contributed by atoms with Gasteiger partial charge in [-0.05, 0) is 60.6 Å². The Morgan fingerprint density at radius 1 is 0.826 bits per heavy atom. The van der Waals surface area contributed by atoms with Gasteiger partial charge in [-0.2, -0.15) is 0 Å². The fourth-order valence-corrected chi connectivity index (χ4v) is 2.19. The van der Waals surface area contributed by atoms with Crippen molar-refractivity contribution in [3.05, 3.63) is 47.0 Å². The summed E-state index contributed by atoms with van der Waals surface area (Å²) >= 11 is 0. The number of nitrogen functional groups attached to an aromatic ring is 4. The van der Waals surface area contributed by atoms with Crippen LogP contribution in [0.5, 0.6) is 0 Å². The second-order valence-electron chi connectivity index (χ2n) is 6.59. The molecule has 0 aliphatic rings. The number of benzene rings is 2. The minimum Gasteiger partial charge on any atom is -0.398 e. The second kappa shape index (κ2) is 7.27. The van der Waals surface area contributed by atoms with Crippen LogP contribution in [-0.2, 0) is 5.41 Å². The van der Waals surface area contributed by atoms with Crippen molar-refractivity contribution in [3.63, 3.8) is 0 Å². The van der Waals surface area contributed by atoms with E-state index in [-0.39, 0.29) is 5.41 Å². The van der Waals surface area contributed by atoms with Crippen LogP contribution in [0.25, 0.3) is 0 Å². The van der Waals surface area contributed by atoms with Crippen molar-refractivity contribution in [2.75, 3.05) is 22.9 Å². The third-order valence-corrected chi connectivity index (χ3v) is 4.47. The predicted octanol–water partition coefficient (Wildman–Crippen LogP) is 4.01. The first-order chi connectivity index (χ1) is 10.6. The van der Waals surface area contributed by atoms with E-state index in [4.69, 9.17) is 22.9 Å². The molecule has 0 bridgehead atoms. The largest absolute Gasteiger partial charge is 0.398 e. The Morgan fingerprint density at radius 3 is 1.78 bits per heavy atom. The van der Waals surface area contributed by atoms with E-state index >= 15 is 0 Å². The lowest BCUT2D eigenvalue weighted by Gasteiger charge is -2.26. The molecular formula is C19H30N4. The first-order valence-electron chi connectivity index (χ1n) is 7.86. The van der Waals surface area contributed by atoms with Gasteiger partial charge in [0, 0.05) is 22.7 Å². The van der Waals surface area contributed by atoms with Crippen LogP contribution in [0, 0.1) is 13.8 Å². The zero-order chi connectivity index (χ0) is 17.8. The highest BCUT2D eigenvalue weighted by Crippen LogP contribution is 2.33. The normalized spacial score (nSPS) is 10.8. The van der Waals surface area contributed by atoms with Crippen molar-refractivity contribution in [3.8, 4) is 0 Å². The van der Waals surface area contributed by atoms with E-state index in [1.807, 2.05) is 38.1 Å². The molecule has 0 radical (unpaired) electrons. The summed E-state index contributed by atoms with van der Waals surface area (Å²) in [5.74, 6) is 0. The minimum atomic E-state index is 0.128. The van der Waals surface area contributed by atoms with Gasteiger partial charge in [0.25, 0.3) is 0 Å². The van der Waals surface area contributed by atoms with E-state index in [0.29, 0.717) is 0 Å². The molecule has 0 aliphatic carbocycles. The summed E-state index contributed by atoms with van der Waals surface area (Å²) in [5.41, 5.74) is 29.4. The second-order valence-corrected chi connectivity index (χ2v) is 6.59. The summed E-state index contributed by atoms with van der Waals surface area (Å²) in [6.45, 7) is 10.5. The molecule has 4 nitrogen and oxygen atoms in total. The third-order valence-electron chi connectivity index (χ3n) is 4.47. The molecule has 0 saturated carbocycles. The van der Waals surface area contributed by atoms with Crippen LogP contribution in [0.15, 0.2) is 30.3 Å². The van der Waals surface area contributed by atoms with Crippen LogP contribution in [0.4, 0.5) is 22.7 Å². The van der Waals surface area contributed by atoms with Crippen LogP contribution in [0.2, 0.25) is 0 Å². The van der Waals surface area contributed by atoms with Crippen molar-refractivity contribution < 1.29 is 0 Å². The van der Waals surface area contributed by atoms with Gasteiger partial charge in [0.2, 0.25) is 0 Å². The molecule has 2 rings (SSSR count). The van der Waals surface area contributed by atoms with E-state index in [0.717, 1.165) is 40.3 Å². The molecule has 0 heterocycles. The van der Waals surface area contributed by atoms with Gasteiger partial charge in [0.15, 0.2) is 0 Å². The maximum atomic E-state index is 5.97. The Labute approximate surface area is 139 Å². The summed E-state index contributed by atoms with van der Waals surface area (Å²) in [6, 6.07) is 9.49. The van der Waals surface area contributed by atoms with Gasteiger partial charge in [0.05, 0.1) is 0 Å². The van der Waals surface area contributed by atoms with Gasteiger partial charge in [-0.3, -0.25) is 0 Å². The molecule has 0 amide bonds. The molecule has 4 heteroatoms. The minimum absolute atomic E-state index is 0.128. The Morgan fingerprint density at radius 2 is 1.35 bits per heavy atom. The maximum absolute atomic E-state index is 5.97. The van der Waals surface area contributed by atoms with Crippen LogP contribution in [0.3, 0.4) is 0 Å². The number of anilines is 4. The van der Waals surface area contributed by atoms with Gasteiger partial charge in [-0.15, -0.1) is 0 Å². The molecule has 0 aliphatic heterocycles. The zero-order valence-corrected chi connectivity index (χ0v) is 14.9. The van der Waals surface area contributed by atoms with E-state index in [1.54, 1.807) is 0 Å². The lowest BCUT2D eigenvalue weighted by molar-refractivity contribution is 0.508. The number of hydrogen-bond acceptors (Lipinski definition) is 4. The Bertz CT molecular complexity index is 655. The molecule has 0 spiro atoms. The first-order valence-corrected chi connectivity index (χ1v) is 7.86. The summed E-state index contributed by atoms with van der Waals surface area (Å²) in [7, 11) is 0. The lowest BCUT2D eigenvalue weighted by Crippen LogP contribution is -2.18. The molecule has 0 saturated heterocycles. The molecular weight excluding hydrogens is 284 g/mol. The highest BCUT2D eigenvalue weighted by atomic mass is 14.6. The number of aryl methyl sites for hydroxylation is 1. The fourth-order valence-electron chi connectivity index (χ4n) is 2.19. The van der Waals surface area contributed by atoms with Crippen LogP contribution >= 0.6 is 0 Å². The Kier molecular flexibility index (Phi) is 5.91. The molecule has 23 heavy (non-hydrogen) atoms. The fraction of sp³-hybridized carbons (Fsp3) is 0.368. The van der Waals surface area contributed by atoms with E-state index in [9.17, 15) is 0 Å². The molecule has 0 fully saturated rings. The molecule has 0 atom stereocenters. The molecule has 8 N–H and O–H groups in total. The summed E-state index contributed by atoms with van der Waals surface area (Å²) in [4.78, 5) is 0. The van der Waals surface area contributed by atoms with Crippen molar-refractivity contribution in [2.24, 2.45) is 0 Å². The van der Waals surface area contributed by atoms with Crippen LogP contribution in [-0.4, -0.2) is 0 Å². The third kappa shape index (κ3) is 4.55. The van der Waals surface area contributed by atoms with Crippen molar-refractivity contribution >= 4 is 22.7 Å². The Hall–Kier alpha value is -2.36. The van der Waals surface area contributed by atoms with Crippen LogP contribution < -0.4 is 22.9 Å². The smallest absolute Gasteiger partial charge is 0.0372 e. The number of hydrogen-bond donors (Lipinski definition) is 4. The van der Waals surface area contributed by atoms with Crippen molar-refractivity contribution in [1.29, 1.82) is 0 Å². The molecule has 0 unspecified atom stereocenters. The summed E-state index contributed by atoms with van der Waals surface area (Å²) < 4.78 is 0. The van der Waals surface area contributed by atoms with Gasteiger partial charge in [0.1, 0.15) is 0 Å². The number of nitrogens with two attached hydrogens (primary N) is 4. The van der Waals surface area contributed by atoms with Gasteiger partial charge >= 0.3 is 0 Å². The highest BCUT2D eigenvalue weighted by Gasteiger charge is 2.21. The average Bonchev–Trinajstić information content (AvgIpc) is 2.49. The van der Waals surface area contributed by atoms with Crippen LogP contribution in [0.1, 0.15) is 43.9 Å². The molecule has 0 aromatic heterocycles. The maximum Gasteiger partial charge on any atom is 0.0372 e. The van der Waals surface area contributed by atoms with Gasteiger partial charge in [-0.1, -0.05) is 32.9 Å². The SMILES string of the molecule is CCC(C)(C)c1cc(C)c(N)cc1N.Cc1c(N)cccc1N. The predicted molar refractivity (Wildman–Crippen MR) is 103 cm³/mol. The highest BCUT2D eigenvalue weighted by molar-refractivity contribution is 5.62. The standard InChI is InChI=1S/C12H20N2.C7H10N2/c1-5-12(3,4)9-6-8(2)10(13)7-11(9)14;1-5-6(8)3-2-4-7(5)9/h6-7H,5,13-14H2,1-4H3;2-4H,8-9H2,1H3. The van der Waals surface area contributed by atoms with E-state index in [1.165, 1.54) is 5.56 Å². The lowest BCUT2D eigenvalue weighted by atomic mass is 9.80. The topological polar surface area (TPSA) is 104 Å². The van der Waals surface area contributed by atoms with E-state index < -0.39 is 0 Å². The molecule has 2 aromatic carbocycles. The molecule has 126 valence electrons. The first kappa shape index (κ1) is 18.7. The monoisotopic (exact) mass is 314 g/mol. The Balaban J connectivity index is 0.000000253. The van der Waals surface area contributed by atoms with E-state index in [2.05, 4.69) is 26.8 Å². The summed E-state index contributed by atoms with van der Waals surface area (Å²) in [6.07, 6.45) is 1.07. The zero-order valence-electron chi connectivity index (χ0n) is 14.9. The summed E-state index contributed by atoms with van der Waals surface area (Å²) in [5, 5.41) is 0. The van der Waals surface area contributed by atoms with Crippen molar-refractivity contribution in [1.82, 2.24) is 0 Å². The van der Waals surface area contributed by atoms with Gasteiger partial charge in [-0.25, -0.2) is 0 Å². The average molecular weight is 314 g/mol. The van der Waals surface area contributed by atoms with Gasteiger partial charge < -0.3 is 22.9 Å².